The van der Waals surface area contributed by atoms with Gasteiger partial charge in [0.25, 0.3) is 0 Å². The van der Waals surface area contributed by atoms with Crippen LogP contribution in [0.15, 0.2) is 60.7 Å². The predicted octanol–water partition coefficient (Wildman–Crippen LogP) is 5.76. The monoisotopic (exact) mass is 558 g/mol. The SMILES string of the molecule is CC(C)CC(=O)Cl.CC(C)CC(=O)N1C(=O)OC[C@H]1Cc1ccccc1.O=C1N[C@H](Cc2ccccc2)CO1. The van der Waals surface area contributed by atoms with Crippen LogP contribution in [0.5, 0.6) is 0 Å². The van der Waals surface area contributed by atoms with E-state index in [0.29, 0.717) is 31.8 Å². The molecular weight excluding hydrogens is 520 g/mol. The lowest BCUT2D eigenvalue weighted by Gasteiger charge is -2.20. The Bertz CT molecular complexity index is 1060. The van der Waals surface area contributed by atoms with Crippen molar-refractivity contribution >= 4 is 34.9 Å². The molecule has 2 heterocycles. The van der Waals surface area contributed by atoms with Crippen LogP contribution in [0.3, 0.4) is 0 Å². The summed E-state index contributed by atoms with van der Waals surface area (Å²) < 4.78 is 9.81. The largest absolute Gasteiger partial charge is 0.447 e. The highest BCUT2D eigenvalue weighted by Gasteiger charge is 2.37. The molecule has 2 aliphatic heterocycles. The van der Waals surface area contributed by atoms with Crippen molar-refractivity contribution < 1.29 is 28.7 Å². The lowest BCUT2D eigenvalue weighted by molar-refractivity contribution is -0.129. The molecule has 2 fully saturated rings. The summed E-state index contributed by atoms with van der Waals surface area (Å²) >= 11 is 5.03. The van der Waals surface area contributed by atoms with Crippen LogP contribution >= 0.6 is 11.6 Å². The van der Waals surface area contributed by atoms with Crippen molar-refractivity contribution in [2.75, 3.05) is 13.2 Å². The summed E-state index contributed by atoms with van der Waals surface area (Å²) in [6.07, 6.45) is 1.54. The fourth-order valence-corrected chi connectivity index (χ4v) is 4.31. The Balaban J connectivity index is 0.000000230. The number of imide groups is 1. The van der Waals surface area contributed by atoms with Crippen LogP contribution < -0.4 is 5.32 Å². The third-order valence-electron chi connectivity index (χ3n) is 5.76. The predicted molar refractivity (Wildman–Crippen MR) is 150 cm³/mol. The Hall–Kier alpha value is -3.39. The quantitative estimate of drug-likeness (QED) is 0.413. The van der Waals surface area contributed by atoms with Gasteiger partial charge in [-0.2, -0.15) is 0 Å². The summed E-state index contributed by atoms with van der Waals surface area (Å²) in [5, 5.41) is 2.50. The minimum absolute atomic E-state index is 0.134. The molecule has 2 saturated heterocycles. The van der Waals surface area contributed by atoms with Crippen LogP contribution in [0.25, 0.3) is 0 Å². The topological polar surface area (TPSA) is 102 Å². The van der Waals surface area contributed by atoms with Gasteiger partial charge in [-0.25, -0.2) is 14.5 Å². The zero-order valence-electron chi connectivity index (χ0n) is 23.1. The maximum absolute atomic E-state index is 12.1. The number of carbonyl (C=O) groups excluding carboxylic acids is 4. The van der Waals surface area contributed by atoms with Crippen molar-refractivity contribution in [2.45, 2.75) is 65.5 Å². The lowest BCUT2D eigenvalue weighted by Crippen LogP contribution is -2.40. The van der Waals surface area contributed by atoms with E-state index in [0.717, 1.165) is 12.0 Å². The molecule has 2 atom stereocenters. The summed E-state index contributed by atoms with van der Waals surface area (Å²) in [6.45, 7) is 8.61. The van der Waals surface area contributed by atoms with Crippen LogP contribution in [0.2, 0.25) is 0 Å². The van der Waals surface area contributed by atoms with Crippen LogP contribution in [0, 0.1) is 11.8 Å². The van der Waals surface area contributed by atoms with E-state index in [4.69, 9.17) is 21.1 Å². The first-order chi connectivity index (χ1) is 18.5. The van der Waals surface area contributed by atoms with Crippen molar-refractivity contribution in [3.8, 4) is 0 Å². The Kier molecular flexibility index (Phi) is 13.5. The molecule has 0 saturated carbocycles. The minimum atomic E-state index is -0.508. The molecule has 3 amide bonds. The first-order valence-electron chi connectivity index (χ1n) is 13.2. The zero-order chi connectivity index (χ0) is 28.8. The van der Waals surface area contributed by atoms with Gasteiger partial charge in [0.05, 0.1) is 12.1 Å². The molecule has 0 aromatic heterocycles. The highest BCUT2D eigenvalue weighted by Crippen LogP contribution is 2.19. The van der Waals surface area contributed by atoms with Crippen molar-refractivity contribution in [1.82, 2.24) is 10.2 Å². The smallest absolute Gasteiger partial charge is 0.416 e. The van der Waals surface area contributed by atoms with Crippen LogP contribution in [-0.4, -0.2) is 53.5 Å². The number of hydrogen-bond acceptors (Lipinski definition) is 6. The van der Waals surface area contributed by atoms with E-state index < -0.39 is 6.09 Å². The first kappa shape index (κ1) is 31.8. The van der Waals surface area contributed by atoms with E-state index >= 15 is 0 Å². The molecule has 0 bridgehead atoms. The molecule has 9 heteroatoms. The number of ether oxygens (including phenoxy) is 2. The molecule has 8 nitrogen and oxygen atoms in total. The lowest BCUT2D eigenvalue weighted by atomic mass is 10.0. The molecule has 2 aromatic rings. The van der Waals surface area contributed by atoms with Gasteiger partial charge < -0.3 is 14.8 Å². The van der Waals surface area contributed by atoms with Crippen molar-refractivity contribution in [3.05, 3.63) is 71.8 Å². The van der Waals surface area contributed by atoms with Crippen LogP contribution in [0.1, 0.15) is 51.7 Å². The van der Waals surface area contributed by atoms with Crippen molar-refractivity contribution in [1.29, 1.82) is 0 Å². The number of halogens is 1. The van der Waals surface area contributed by atoms with Crippen molar-refractivity contribution in [3.63, 3.8) is 0 Å². The number of carbonyl (C=O) groups is 4. The Morgan fingerprint density at radius 1 is 0.846 bits per heavy atom. The van der Waals surface area contributed by atoms with E-state index in [2.05, 4.69) is 5.32 Å². The summed E-state index contributed by atoms with van der Waals surface area (Å²) in [5.74, 6) is 0.488. The molecule has 0 unspecified atom stereocenters. The number of rotatable bonds is 8. The van der Waals surface area contributed by atoms with Crippen LogP contribution in [0.4, 0.5) is 9.59 Å². The van der Waals surface area contributed by atoms with Gasteiger partial charge in [-0.05, 0) is 47.4 Å². The molecule has 4 rings (SSSR count). The average Bonchev–Trinajstić information content (AvgIpc) is 3.44. The number of hydrogen-bond donors (Lipinski definition) is 1. The summed E-state index contributed by atoms with van der Waals surface area (Å²) in [4.78, 5) is 45.8. The zero-order valence-corrected chi connectivity index (χ0v) is 23.9. The molecule has 0 aliphatic carbocycles. The second-order valence-corrected chi connectivity index (χ2v) is 10.8. The molecule has 0 spiro atoms. The third-order valence-corrected chi connectivity index (χ3v) is 5.91. The Morgan fingerprint density at radius 3 is 1.82 bits per heavy atom. The first-order valence-corrected chi connectivity index (χ1v) is 13.6. The number of cyclic esters (lactones) is 2. The maximum Gasteiger partial charge on any atom is 0.416 e. The number of benzene rings is 2. The number of alkyl carbamates (subject to hydrolysis) is 1. The van der Waals surface area contributed by atoms with E-state index in [1.165, 1.54) is 10.5 Å². The van der Waals surface area contributed by atoms with Gasteiger partial charge in [0.15, 0.2) is 0 Å². The standard InChI is InChI=1S/C15H19NO3.C10H11NO2.C5H9ClO/c1-11(2)8-14(17)16-13(10-19-15(16)18)9-12-6-4-3-5-7-12;12-10-11-9(7-13-10)6-8-4-2-1-3-5-8;1-4(2)3-5(6)7/h3-7,11,13H,8-10H2,1-2H3;1-5,9H,6-7H2,(H,11,12);4H,3H2,1-2H3/t13-;9-;/m11./s1. The summed E-state index contributed by atoms with van der Waals surface area (Å²) in [5.41, 5.74) is 2.33. The van der Waals surface area contributed by atoms with Crippen molar-refractivity contribution in [2.24, 2.45) is 11.8 Å². The molecule has 2 aromatic carbocycles. The van der Waals surface area contributed by atoms with Gasteiger partial charge in [-0.3, -0.25) is 9.59 Å². The van der Waals surface area contributed by atoms with E-state index in [1.807, 2.05) is 88.4 Å². The summed E-state index contributed by atoms with van der Waals surface area (Å²) in [6, 6.07) is 19.8. The van der Waals surface area contributed by atoms with Gasteiger partial charge in [-0.1, -0.05) is 88.4 Å². The van der Waals surface area contributed by atoms with Gasteiger partial charge in [-0.15, -0.1) is 0 Å². The fraction of sp³-hybridized carbons (Fsp3) is 0.467. The molecule has 2 aliphatic rings. The van der Waals surface area contributed by atoms with E-state index in [-0.39, 0.29) is 41.9 Å². The molecular formula is C30H39ClN2O6. The van der Waals surface area contributed by atoms with E-state index in [9.17, 15) is 19.2 Å². The van der Waals surface area contributed by atoms with Gasteiger partial charge in [0, 0.05) is 12.8 Å². The average molecular weight is 559 g/mol. The molecule has 0 radical (unpaired) electrons. The Labute approximate surface area is 236 Å². The molecule has 1 N–H and O–H groups in total. The van der Waals surface area contributed by atoms with Gasteiger partial charge in [0.2, 0.25) is 11.1 Å². The van der Waals surface area contributed by atoms with Gasteiger partial charge >= 0.3 is 12.2 Å². The van der Waals surface area contributed by atoms with Crippen LogP contribution in [-0.2, 0) is 31.9 Å². The molecule has 39 heavy (non-hydrogen) atoms. The van der Waals surface area contributed by atoms with E-state index in [1.54, 1.807) is 0 Å². The Morgan fingerprint density at radius 2 is 1.38 bits per heavy atom. The fourth-order valence-electron chi connectivity index (χ4n) is 4.01. The number of nitrogens with zero attached hydrogens (tertiary/aromatic N) is 1. The highest BCUT2D eigenvalue weighted by atomic mass is 35.5. The minimum Gasteiger partial charge on any atom is -0.447 e. The highest BCUT2D eigenvalue weighted by molar-refractivity contribution is 6.63. The second-order valence-electron chi connectivity index (χ2n) is 10.4. The van der Waals surface area contributed by atoms with Gasteiger partial charge in [0.1, 0.15) is 13.2 Å². The second kappa shape index (κ2) is 16.5. The number of amides is 3. The molecule has 212 valence electrons. The normalized spacial score (nSPS) is 17.9. The maximum atomic E-state index is 12.1. The summed E-state index contributed by atoms with van der Waals surface area (Å²) in [7, 11) is 0. The third kappa shape index (κ3) is 12.3. The number of nitrogens with one attached hydrogen (secondary N) is 1.